The van der Waals surface area contributed by atoms with Gasteiger partial charge in [0.05, 0.1) is 16.3 Å². The zero-order valence-corrected chi connectivity index (χ0v) is 16.0. The van der Waals surface area contributed by atoms with Crippen molar-refractivity contribution >= 4 is 34.0 Å². The predicted molar refractivity (Wildman–Crippen MR) is 105 cm³/mol. The maximum Gasteiger partial charge on any atom is 0.270 e. The van der Waals surface area contributed by atoms with E-state index in [-0.39, 0.29) is 17.6 Å². The molecular weight excluding hydrogens is 403 g/mol. The highest BCUT2D eigenvalue weighted by molar-refractivity contribution is 7.19. The zero-order chi connectivity index (χ0) is 19.7. The van der Waals surface area contributed by atoms with Crippen molar-refractivity contribution in [3.05, 3.63) is 70.6 Å². The highest BCUT2D eigenvalue weighted by atomic mass is 35.5. The van der Waals surface area contributed by atoms with Gasteiger partial charge < -0.3 is 4.52 Å². The molecule has 140 valence electrons. The molecular formula is C19H12ClFN4O2S. The number of anilines is 1. The number of thiazole rings is 1. The lowest BCUT2D eigenvalue weighted by atomic mass is 10.2. The van der Waals surface area contributed by atoms with Crippen molar-refractivity contribution in [2.45, 2.75) is 6.92 Å². The van der Waals surface area contributed by atoms with E-state index < -0.39 is 0 Å². The topological polar surface area (TPSA) is 80.9 Å². The molecule has 0 saturated carbocycles. The van der Waals surface area contributed by atoms with Crippen molar-refractivity contribution in [3.63, 3.8) is 0 Å². The van der Waals surface area contributed by atoms with Crippen LogP contribution in [0.1, 0.15) is 16.1 Å². The largest absolute Gasteiger partial charge is 0.333 e. The van der Waals surface area contributed by atoms with Crippen LogP contribution in [0.2, 0.25) is 5.02 Å². The van der Waals surface area contributed by atoms with Crippen LogP contribution in [-0.4, -0.2) is 21.0 Å². The van der Waals surface area contributed by atoms with Gasteiger partial charge in [-0.1, -0.05) is 40.2 Å². The second kappa shape index (κ2) is 7.49. The summed E-state index contributed by atoms with van der Waals surface area (Å²) in [5, 5.41) is 7.40. The van der Waals surface area contributed by atoms with E-state index in [2.05, 4.69) is 20.4 Å². The third-order valence-corrected chi connectivity index (χ3v) is 5.25. The molecule has 2 aromatic heterocycles. The van der Waals surface area contributed by atoms with Crippen LogP contribution in [-0.2, 0) is 0 Å². The Bertz CT molecular complexity index is 1160. The number of nitrogens with one attached hydrogen (secondary N) is 1. The molecule has 9 heteroatoms. The molecule has 4 aromatic rings. The van der Waals surface area contributed by atoms with Gasteiger partial charge in [-0.2, -0.15) is 4.98 Å². The fourth-order valence-corrected chi connectivity index (χ4v) is 3.59. The third-order valence-electron chi connectivity index (χ3n) is 3.86. The first-order valence-corrected chi connectivity index (χ1v) is 9.34. The van der Waals surface area contributed by atoms with Crippen LogP contribution in [0.25, 0.3) is 22.2 Å². The Labute approximate surface area is 168 Å². The smallest absolute Gasteiger partial charge is 0.270 e. The average molecular weight is 415 g/mol. The van der Waals surface area contributed by atoms with Crippen LogP contribution in [0.5, 0.6) is 0 Å². The van der Waals surface area contributed by atoms with Crippen LogP contribution in [0.15, 0.2) is 53.1 Å². The summed E-state index contributed by atoms with van der Waals surface area (Å²) in [5.41, 5.74) is 1.62. The normalized spacial score (nSPS) is 10.8. The fraction of sp³-hybridized carbons (Fsp3) is 0.0526. The van der Waals surface area contributed by atoms with E-state index >= 15 is 0 Å². The van der Waals surface area contributed by atoms with Crippen molar-refractivity contribution in [2.24, 2.45) is 0 Å². The predicted octanol–water partition coefficient (Wildman–Crippen LogP) is 5.21. The first-order valence-electron chi connectivity index (χ1n) is 8.14. The van der Waals surface area contributed by atoms with Crippen molar-refractivity contribution in [3.8, 4) is 22.2 Å². The van der Waals surface area contributed by atoms with Crippen molar-refractivity contribution in [2.75, 3.05) is 5.32 Å². The molecule has 0 spiro atoms. The van der Waals surface area contributed by atoms with Gasteiger partial charge in [0.2, 0.25) is 5.82 Å². The van der Waals surface area contributed by atoms with E-state index in [1.165, 1.54) is 23.5 Å². The van der Waals surface area contributed by atoms with Crippen LogP contribution in [0.4, 0.5) is 9.52 Å². The number of nitrogens with zero attached hydrogens (tertiary/aromatic N) is 3. The van der Waals surface area contributed by atoms with Gasteiger partial charge in [-0.25, -0.2) is 9.37 Å². The summed E-state index contributed by atoms with van der Waals surface area (Å²) in [7, 11) is 0. The summed E-state index contributed by atoms with van der Waals surface area (Å²) in [6.07, 6.45) is 0. The van der Waals surface area contributed by atoms with Gasteiger partial charge in [0.1, 0.15) is 10.7 Å². The Balaban J connectivity index is 1.57. The molecule has 0 fully saturated rings. The molecule has 1 amide bonds. The summed E-state index contributed by atoms with van der Waals surface area (Å²) < 4.78 is 18.4. The van der Waals surface area contributed by atoms with Crippen LogP contribution in [0.3, 0.4) is 0 Å². The molecule has 0 aliphatic rings. The molecule has 0 aliphatic carbocycles. The Morgan fingerprint density at radius 1 is 1.14 bits per heavy atom. The first-order chi connectivity index (χ1) is 13.5. The summed E-state index contributed by atoms with van der Waals surface area (Å²) in [4.78, 5) is 21.7. The number of halogens is 2. The van der Waals surface area contributed by atoms with Crippen LogP contribution < -0.4 is 5.32 Å². The minimum Gasteiger partial charge on any atom is -0.333 e. The molecule has 2 aromatic carbocycles. The quantitative estimate of drug-likeness (QED) is 0.495. The van der Waals surface area contributed by atoms with Gasteiger partial charge in [0, 0.05) is 5.56 Å². The number of benzene rings is 2. The zero-order valence-electron chi connectivity index (χ0n) is 14.4. The van der Waals surface area contributed by atoms with Gasteiger partial charge in [-0.3, -0.25) is 10.1 Å². The van der Waals surface area contributed by atoms with E-state index in [4.69, 9.17) is 16.1 Å². The number of amides is 1. The molecule has 0 bridgehead atoms. The summed E-state index contributed by atoms with van der Waals surface area (Å²) >= 11 is 7.26. The Hall–Kier alpha value is -3.10. The Morgan fingerprint density at radius 2 is 1.89 bits per heavy atom. The second-order valence-corrected chi connectivity index (χ2v) is 7.20. The number of hydrogen-bond donors (Lipinski definition) is 1. The van der Waals surface area contributed by atoms with Gasteiger partial charge in [-0.15, -0.1) is 0 Å². The fourth-order valence-electron chi connectivity index (χ4n) is 2.49. The number of aryl methyl sites for hydroxylation is 1. The minimum atomic E-state index is -0.358. The molecule has 0 saturated heterocycles. The molecule has 6 nitrogen and oxygen atoms in total. The van der Waals surface area contributed by atoms with E-state index in [0.717, 1.165) is 0 Å². The summed E-state index contributed by atoms with van der Waals surface area (Å²) in [6.45, 7) is 1.78. The van der Waals surface area contributed by atoms with Gasteiger partial charge in [-0.05, 0) is 43.3 Å². The lowest BCUT2D eigenvalue weighted by Crippen LogP contribution is -2.12. The highest BCUT2D eigenvalue weighted by Gasteiger charge is 2.19. The Morgan fingerprint density at radius 3 is 2.64 bits per heavy atom. The molecule has 0 unspecified atom stereocenters. The summed E-state index contributed by atoms with van der Waals surface area (Å²) in [5.74, 6) is -0.0925. The van der Waals surface area contributed by atoms with Crippen molar-refractivity contribution in [1.82, 2.24) is 15.1 Å². The van der Waals surface area contributed by atoms with Crippen LogP contribution >= 0.6 is 22.9 Å². The number of aromatic nitrogens is 3. The van der Waals surface area contributed by atoms with E-state index in [1.54, 1.807) is 43.3 Å². The maximum atomic E-state index is 13.1. The van der Waals surface area contributed by atoms with E-state index in [9.17, 15) is 9.18 Å². The van der Waals surface area contributed by atoms with E-state index in [1.807, 2.05) is 0 Å². The number of carbonyl (C=O) groups excluding carboxylic acids is 1. The van der Waals surface area contributed by atoms with E-state index in [0.29, 0.717) is 37.7 Å². The minimum absolute atomic E-state index is 0.271. The van der Waals surface area contributed by atoms with Gasteiger partial charge in [0.25, 0.3) is 11.8 Å². The molecule has 1 N–H and O–H groups in total. The van der Waals surface area contributed by atoms with Crippen molar-refractivity contribution < 1.29 is 13.7 Å². The molecule has 0 atom stereocenters. The average Bonchev–Trinajstić information content (AvgIpc) is 3.29. The molecule has 0 radical (unpaired) electrons. The SMILES string of the molecule is Cc1nc(NC(=O)c2ccccc2Cl)sc1-c1nc(-c2ccc(F)cc2)no1. The van der Waals surface area contributed by atoms with Gasteiger partial charge in [0.15, 0.2) is 5.13 Å². The molecule has 28 heavy (non-hydrogen) atoms. The molecule has 0 aliphatic heterocycles. The lowest BCUT2D eigenvalue weighted by Gasteiger charge is -2.03. The van der Waals surface area contributed by atoms with Gasteiger partial charge >= 0.3 is 0 Å². The third kappa shape index (κ3) is 3.64. The monoisotopic (exact) mass is 414 g/mol. The maximum absolute atomic E-state index is 13.1. The Kier molecular flexibility index (Phi) is 4.89. The standard InChI is InChI=1S/C19H12ClFN4O2S/c1-10-15(18-23-16(25-27-18)11-6-8-12(21)9-7-11)28-19(22-10)24-17(26)13-4-2-3-5-14(13)20/h2-9H,1H3,(H,22,24,26). The lowest BCUT2D eigenvalue weighted by molar-refractivity contribution is 0.102. The van der Waals surface area contributed by atoms with Crippen LogP contribution in [0, 0.1) is 12.7 Å². The number of hydrogen-bond acceptors (Lipinski definition) is 6. The number of rotatable bonds is 4. The summed E-state index contributed by atoms with van der Waals surface area (Å²) in [6, 6.07) is 12.5. The highest BCUT2D eigenvalue weighted by Crippen LogP contribution is 2.33. The van der Waals surface area contributed by atoms with Crippen molar-refractivity contribution in [1.29, 1.82) is 0 Å². The number of carbonyl (C=O) groups is 1. The molecule has 2 heterocycles. The second-order valence-electron chi connectivity index (χ2n) is 5.80. The molecule has 4 rings (SSSR count). The first kappa shape index (κ1) is 18.3.